The Kier molecular flexibility index (Phi) is 4.42. The summed E-state index contributed by atoms with van der Waals surface area (Å²) in [6.45, 7) is -0.420. The smallest absolute Gasteiger partial charge is 0.342 e. The Morgan fingerprint density at radius 3 is 2.61 bits per heavy atom. The standard InChI is InChI=1S/C12H13NO5/c1-13(2)11(16)7-18-12(17)9-5-8(6-14)3-4-10(9)15/h3-6,15H,7H2,1-2H3. The lowest BCUT2D eigenvalue weighted by Crippen LogP contribution is -2.27. The van der Waals surface area contributed by atoms with Crippen LogP contribution in [0.4, 0.5) is 0 Å². The van der Waals surface area contributed by atoms with Crippen LogP contribution in [0.15, 0.2) is 18.2 Å². The zero-order chi connectivity index (χ0) is 13.7. The Bertz CT molecular complexity index is 481. The van der Waals surface area contributed by atoms with E-state index >= 15 is 0 Å². The first-order valence-electron chi connectivity index (χ1n) is 5.11. The van der Waals surface area contributed by atoms with Crippen LogP contribution in [0.25, 0.3) is 0 Å². The maximum Gasteiger partial charge on any atom is 0.342 e. The molecule has 1 aromatic rings. The lowest BCUT2D eigenvalue weighted by molar-refractivity contribution is -0.131. The van der Waals surface area contributed by atoms with Gasteiger partial charge in [0.1, 0.15) is 17.6 Å². The summed E-state index contributed by atoms with van der Waals surface area (Å²) in [4.78, 5) is 34.6. The van der Waals surface area contributed by atoms with Gasteiger partial charge in [-0.25, -0.2) is 4.79 Å². The Hall–Kier alpha value is -2.37. The molecule has 0 aliphatic heterocycles. The van der Waals surface area contributed by atoms with E-state index in [-0.39, 0.29) is 22.8 Å². The summed E-state index contributed by atoms with van der Waals surface area (Å²) < 4.78 is 4.73. The van der Waals surface area contributed by atoms with Crippen molar-refractivity contribution in [1.82, 2.24) is 4.90 Å². The molecule has 1 rings (SSSR count). The van der Waals surface area contributed by atoms with Crippen molar-refractivity contribution < 1.29 is 24.2 Å². The van der Waals surface area contributed by atoms with Gasteiger partial charge in [0, 0.05) is 19.7 Å². The van der Waals surface area contributed by atoms with Crippen LogP contribution in [-0.4, -0.2) is 48.9 Å². The second-order valence-electron chi connectivity index (χ2n) is 3.76. The molecule has 0 saturated heterocycles. The number of hydrogen-bond acceptors (Lipinski definition) is 5. The van der Waals surface area contributed by atoms with E-state index < -0.39 is 12.6 Å². The summed E-state index contributed by atoms with van der Waals surface area (Å²) in [5.41, 5.74) is 0.0878. The Morgan fingerprint density at radius 2 is 2.06 bits per heavy atom. The van der Waals surface area contributed by atoms with E-state index in [9.17, 15) is 19.5 Å². The molecule has 18 heavy (non-hydrogen) atoms. The van der Waals surface area contributed by atoms with E-state index in [2.05, 4.69) is 0 Å². The molecule has 0 aliphatic rings. The van der Waals surface area contributed by atoms with Crippen LogP contribution in [0.1, 0.15) is 20.7 Å². The molecule has 0 fully saturated rings. The van der Waals surface area contributed by atoms with Crippen LogP contribution in [0.5, 0.6) is 5.75 Å². The predicted molar refractivity (Wildman–Crippen MR) is 62.5 cm³/mol. The minimum atomic E-state index is -0.855. The number of benzene rings is 1. The van der Waals surface area contributed by atoms with E-state index in [4.69, 9.17) is 4.74 Å². The average molecular weight is 251 g/mol. The second-order valence-corrected chi connectivity index (χ2v) is 3.76. The lowest BCUT2D eigenvalue weighted by atomic mass is 10.1. The quantitative estimate of drug-likeness (QED) is 0.620. The van der Waals surface area contributed by atoms with Gasteiger partial charge in [0.15, 0.2) is 6.61 Å². The first-order valence-corrected chi connectivity index (χ1v) is 5.11. The van der Waals surface area contributed by atoms with Crippen LogP contribution in [0.2, 0.25) is 0 Å². The number of phenols is 1. The van der Waals surface area contributed by atoms with Crippen LogP contribution in [-0.2, 0) is 9.53 Å². The molecule has 6 nitrogen and oxygen atoms in total. The van der Waals surface area contributed by atoms with Crippen LogP contribution in [0, 0.1) is 0 Å². The number of aldehydes is 1. The molecule has 0 aliphatic carbocycles. The van der Waals surface area contributed by atoms with Gasteiger partial charge in [-0.15, -0.1) is 0 Å². The van der Waals surface area contributed by atoms with Gasteiger partial charge < -0.3 is 14.7 Å². The zero-order valence-corrected chi connectivity index (χ0v) is 10.0. The minimum Gasteiger partial charge on any atom is -0.507 e. The van der Waals surface area contributed by atoms with Crippen LogP contribution < -0.4 is 0 Å². The van der Waals surface area contributed by atoms with Gasteiger partial charge in [-0.05, 0) is 18.2 Å². The number of carbonyl (C=O) groups excluding carboxylic acids is 3. The van der Waals surface area contributed by atoms with E-state index in [0.29, 0.717) is 6.29 Å². The van der Waals surface area contributed by atoms with Crippen LogP contribution >= 0.6 is 0 Å². The summed E-state index contributed by atoms with van der Waals surface area (Å²) in [5.74, 6) is -1.54. The summed E-state index contributed by atoms with van der Waals surface area (Å²) in [7, 11) is 3.06. The van der Waals surface area contributed by atoms with Crippen molar-refractivity contribution in [2.45, 2.75) is 0 Å². The Morgan fingerprint density at radius 1 is 1.39 bits per heavy atom. The van der Waals surface area contributed by atoms with Gasteiger partial charge in [0.2, 0.25) is 0 Å². The number of ether oxygens (including phenoxy) is 1. The molecule has 0 saturated carbocycles. The molecule has 0 unspecified atom stereocenters. The van der Waals surface area contributed by atoms with Crippen molar-refractivity contribution in [2.24, 2.45) is 0 Å². The van der Waals surface area contributed by atoms with Crippen molar-refractivity contribution in [3.05, 3.63) is 29.3 Å². The number of nitrogens with zero attached hydrogens (tertiary/aromatic N) is 1. The summed E-state index contributed by atoms with van der Waals surface area (Å²) in [6, 6.07) is 3.78. The summed E-state index contributed by atoms with van der Waals surface area (Å²) in [6.07, 6.45) is 0.543. The first-order chi connectivity index (χ1) is 8.45. The predicted octanol–water partition coefficient (Wildman–Crippen LogP) is 0.450. The second kappa shape index (κ2) is 5.81. The molecule has 0 radical (unpaired) electrons. The molecule has 0 heterocycles. The topological polar surface area (TPSA) is 83.9 Å². The number of rotatable bonds is 4. The highest BCUT2D eigenvalue weighted by atomic mass is 16.5. The Labute approximate surface area is 104 Å². The third kappa shape index (κ3) is 3.31. The van der Waals surface area contributed by atoms with Gasteiger partial charge in [-0.1, -0.05) is 0 Å². The van der Waals surface area contributed by atoms with Crippen LogP contribution in [0.3, 0.4) is 0 Å². The molecule has 0 aromatic heterocycles. The first kappa shape index (κ1) is 13.7. The largest absolute Gasteiger partial charge is 0.507 e. The molecule has 1 amide bonds. The van der Waals surface area contributed by atoms with Crippen molar-refractivity contribution in [2.75, 3.05) is 20.7 Å². The van der Waals surface area contributed by atoms with E-state index in [0.717, 1.165) is 0 Å². The molecule has 6 heteroatoms. The fraction of sp³-hybridized carbons (Fsp3) is 0.250. The zero-order valence-electron chi connectivity index (χ0n) is 10.0. The average Bonchev–Trinajstić information content (AvgIpc) is 2.35. The van der Waals surface area contributed by atoms with Crippen molar-refractivity contribution >= 4 is 18.2 Å². The number of esters is 1. The van der Waals surface area contributed by atoms with E-state index in [1.165, 1.54) is 37.2 Å². The van der Waals surface area contributed by atoms with Gasteiger partial charge in [0.25, 0.3) is 5.91 Å². The molecule has 0 bridgehead atoms. The van der Waals surface area contributed by atoms with E-state index in [1.54, 1.807) is 0 Å². The van der Waals surface area contributed by atoms with Crippen molar-refractivity contribution in [3.8, 4) is 5.75 Å². The van der Waals surface area contributed by atoms with E-state index in [1.807, 2.05) is 0 Å². The maximum atomic E-state index is 11.6. The number of phenolic OH excluding ortho intramolecular Hbond substituents is 1. The number of hydrogen-bond donors (Lipinski definition) is 1. The van der Waals surface area contributed by atoms with Gasteiger partial charge >= 0.3 is 5.97 Å². The highest BCUT2D eigenvalue weighted by Crippen LogP contribution is 2.18. The van der Waals surface area contributed by atoms with Crippen molar-refractivity contribution in [1.29, 1.82) is 0 Å². The number of carbonyl (C=O) groups is 3. The highest BCUT2D eigenvalue weighted by Gasteiger charge is 2.15. The third-order valence-corrected chi connectivity index (χ3v) is 2.20. The monoisotopic (exact) mass is 251 g/mol. The lowest BCUT2D eigenvalue weighted by Gasteiger charge is -2.11. The number of aromatic hydroxyl groups is 1. The van der Waals surface area contributed by atoms with Gasteiger partial charge in [0.05, 0.1) is 0 Å². The SMILES string of the molecule is CN(C)C(=O)COC(=O)c1cc(C=O)ccc1O. The van der Waals surface area contributed by atoms with Gasteiger partial charge in [-0.3, -0.25) is 9.59 Å². The molecule has 1 aromatic carbocycles. The fourth-order valence-corrected chi connectivity index (χ4v) is 1.12. The normalized spacial score (nSPS) is 9.67. The highest BCUT2D eigenvalue weighted by molar-refractivity contribution is 5.95. The maximum absolute atomic E-state index is 11.6. The molecule has 1 N–H and O–H groups in total. The summed E-state index contributed by atoms with van der Waals surface area (Å²) >= 11 is 0. The molecular formula is C12H13NO5. The number of amides is 1. The third-order valence-electron chi connectivity index (χ3n) is 2.20. The summed E-state index contributed by atoms with van der Waals surface area (Å²) in [5, 5.41) is 9.46. The van der Waals surface area contributed by atoms with Crippen molar-refractivity contribution in [3.63, 3.8) is 0 Å². The minimum absolute atomic E-state index is 0.147. The molecule has 96 valence electrons. The van der Waals surface area contributed by atoms with Gasteiger partial charge in [-0.2, -0.15) is 0 Å². The number of likely N-dealkylation sites (N-methyl/N-ethyl adjacent to an activating group) is 1. The molecular weight excluding hydrogens is 238 g/mol. The Balaban J connectivity index is 2.78. The molecule has 0 atom stereocenters. The molecule has 0 spiro atoms. The fourth-order valence-electron chi connectivity index (χ4n) is 1.12.